The molecule has 2 aliphatic heterocycles. The number of carbonyl (C=O) groups is 2. The lowest BCUT2D eigenvalue weighted by atomic mass is 9.86. The number of benzene rings is 1. The molecule has 1 aromatic rings. The van der Waals surface area contributed by atoms with E-state index < -0.39 is 16.1 Å². The van der Waals surface area contributed by atoms with E-state index in [9.17, 15) is 19.7 Å². The Morgan fingerprint density at radius 2 is 1.81 bits per heavy atom. The number of ether oxygens (including phenoxy) is 1. The van der Waals surface area contributed by atoms with E-state index in [0.29, 0.717) is 32.6 Å². The summed E-state index contributed by atoms with van der Waals surface area (Å²) in [5.74, 6) is -0.0790. The van der Waals surface area contributed by atoms with Crippen LogP contribution in [0.25, 0.3) is 0 Å². The molecule has 0 unspecified atom stereocenters. The zero-order valence-electron chi connectivity index (χ0n) is 15.7. The van der Waals surface area contributed by atoms with Crippen LogP contribution in [-0.2, 0) is 9.53 Å². The first-order valence-corrected chi connectivity index (χ1v) is 8.91. The molecule has 9 heteroatoms. The predicted octanol–water partition coefficient (Wildman–Crippen LogP) is 2.26. The second-order valence-corrected chi connectivity index (χ2v) is 7.86. The Morgan fingerprint density at radius 1 is 1.22 bits per heavy atom. The molecule has 0 aliphatic carbocycles. The molecule has 0 aromatic heterocycles. The average molecular weight is 376 g/mol. The summed E-state index contributed by atoms with van der Waals surface area (Å²) in [6.07, 6.45) is 0.557. The van der Waals surface area contributed by atoms with Crippen molar-refractivity contribution in [3.63, 3.8) is 0 Å². The summed E-state index contributed by atoms with van der Waals surface area (Å²) in [5, 5.41) is 13.7. The number of hydrogen-bond acceptors (Lipinski definition) is 6. The van der Waals surface area contributed by atoms with Gasteiger partial charge in [0.1, 0.15) is 11.1 Å². The smallest absolute Gasteiger partial charge is 0.410 e. The summed E-state index contributed by atoms with van der Waals surface area (Å²) in [6, 6.07) is 6.17. The highest BCUT2D eigenvalue weighted by atomic mass is 16.6. The van der Waals surface area contributed by atoms with Gasteiger partial charge in [-0.3, -0.25) is 14.9 Å². The Labute approximate surface area is 157 Å². The maximum atomic E-state index is 12.6. The summed E-state index contributed by atoms with van der Waals surface area (Å²) < 4.78 is 5.41. The van der Waals surface area contributed by atoms with Gasteiger partial charge in [0.25, 0.3) is 5.69 Å². The highest BCUT2D eigenvalue weighted by Crippen LogP contribution is 2.37. The normalized spacial score (nSPS) is 19.1. The number of likely N-dealkylation sites (tertiary alicyclic amines) is 1. The summed E-state index contributed by atoms with van der Waals surface area (Å²) in [4.78, 5) is 38.9. The van der Waals surface area contributed by atoms with Crippen molar-refractivity contribution in [2.75, 3.05) is 24.7 Å². The van der Waals surface area contributed by atoms with Gasteiger partial charge in [0.2, 0.25) is 5.91 Å². The fourth-order valence-corrected chi connectivity index (χ4v) is 3.56. The molecular formula is C18H24N4O5. The molecule has 0 radical (unpaired) electrons. The van der Waals surface area contributed by atoms with E-state index in [1.54, 1.807) is 17.0 Å². The van der Waals surface area contributed by atoms with Gasteiger partial charge >= 0.3 is 6.09 Å². The fraction of sp³-hybridized carbons (Fsp3) is 0.556. The number of non-ortho nitro benzene ring substituents is 1. The van der Waals surface area contributed by atoms with Crippen molar-refractivity contribution in [3.8, 4) is 0 Å². The van der Waals surface area contributed by atoms with Gasteiger partial charge in [0.15, 0.2) is 0 Å². The summed E-state index contributed by atoms with van der Waals surface area (Å²) in [6.45, 7) is 6.60. The number of nitrogens with zero attached hydrogens (tertiary/aromatic N) is 3. The highest BCUT2D eigenvalue weighted by molar-refractivity contribution is 5.93. The van der Waals surface area contributed by atoms with Crippen molar-refractivity contribution in [1.29, 1.82) is 0 Å². The Morgan fingerprint density at radius 3 is 2.33 bits per heavy atom. The molecule has 0 bridgehead atoms. The van der Waals surface area contributed by atoms with Crippen LogP contribution in [0.2, 0.25) is 0 Å². The van der Waals surface area contributed by atoms with E-state index >= 15 is 0 Å². The van der Waals surface area contributed by atoms with Gasteiger partial charge in [0, 0.05) is 30.9 Å². The van der Waals surface area contributed by atoms with Crippen molar-refractivity contribution in [1.82, 2.24) is 10.2 Å². The van der Waals surface area contributed by atoms with E-state index in [0.717, 1.165) is 5.69 Å². The quantitative estimate of drug-likeness (QED) is 0.627. The second-order valence-electron chi connectivity index (χ2n) is 7.86. The Balaban J connectivity index is 1.75. The minimum absolute atomic E-state index is 0.00558. The molecule has 1 spiro atoms. The van der Waals surface area contributed by atoms with Crippen LogP contribution in [0.5, 0.6) is 0 Å². The van der Waals surface area contributed by atoms with Crippen LogP contribution in [0, 0.1) is 10.1 Å². The number of anilines is 1. The van der Waals surface area contributed by atoms with Gasteiger partial charge < -0.3 is 19.9 Å². The molecule has 0 saturated carbocycles. The molecule has 2 saturated heterocycles. The predicted molar refractivity (Wildman–Crippen MR) is 98.4 cm³/mol. The summed E-state index contributed by atoms with van der Waals surface area (Å²) in [7, 11) is 0. The number of nitrogens with one attached hydrogen (secondary N) is 1. The molecule has 146 valence electrons. The largest absolute Gasteiger partial charge is 0.444 e. The third-order valence-electron chi connectivity index (χ3n) is 4.95. The van der Waals surface area contributed by atoms with E-state index in [1.807, 2.05) is 25.7 Å². The lowest BCUT2D eigenvalue weighted by molar-refractivity contribution is -0.384. The van der Waals surface area contributed by atoms with Crippen LogP contribution in [0.4, 0.5) is 16.2 Å². The molecule has 2 amide bonds. The van der Waals surface area contributed by atoms with Crippen molar-refractivity contribution in [3.05, 3.63) is 34.4 Å². The lowest BCUT2D eigenvalue weighted by Gasteiger charge is -2.43. The Hall–Kier alpha value is -2.84. The van der Waals surface area contributed by atoms with Crippen molar-refractivity contribution < 1.29 is 19.2 Å². The number of rotatable bonds is 2. The zero-order chi connectivity index (χ0) is 19.8. The third-order valence-corrected chi connectivity index (χ3v) is 4.95. The molecule has 2 heterocycles. The average Bonchev–Trinajstić information content (AvgIpc) is 2.90. The minimum atomic E-state index is -0.755. The standard InChI is InChI=1S/C18H24N4O5/c1-17(2,3)27-16(24)20-10-8-18(9-11-20)15(23)19-12-21(18)13-4-6-14(7-5-13)22(25)26/h4-7H,8-12H2,1-3H3,(H,19,23). The SMILES string of the molecule is CC(C)(C)OC(=O)N1CCC2(CC1)C(=O)NCN2c1ccc([N+](=O)[O-])cc1. The molecule has 3 rings (SSSR count). The summed E-state index contributed by atoms with van der Waals surface area (Å²) in [5.41, 5.74) is -0.577. The molecule has 27 heavy (non-hydrogen) atoms. The molecule has 2 aliphatic rings. The fourth-order valence-electron chi connectivity index (χ4n) is 3.56. The molecule has 2 fully saturated rings. The van der Waals surface area contributed by atoms with Gasteiger partial charge in [-0.1, -0.05) is 0 Å². The molecule has 1 aromatic carbocycles. The maximum Gasteiger partial charge on any atom is 0.410 e. The van der Waals surface area contributed by atoms with E-state index in [4.69, 9.17) is 4.74 Å². The first-order chi connectivity index (χ1) is 12.6. The first kappa shape index (κ1) is 18.9. The topological polar surface area (TPSA) is 105 Å². The number of nitro benzene ring substituents is 1. The number of piperidine rings is 1. The Kier molecular flexibility index (Phi) is 4.71. The van der Waals surface area contributed by atoms with Crippen LogP contribution >= 0.6 is 0 Å². The second kappa shape index (κ2) is 6.71. The van der Waals surface area contributed by atoms with Crippen LogP contribution in [0.3, 0.4) is 0 Å². The minimum Gasteiger partial charge on any atom is -0.444 e. The molecular weight excluding hydrogens is 352 g/mol. The molecule has 0 atom stereocenters. The zero-order valence-corrected chi connectivity index (χ0v) is 15.7. The number of amides is 2. The van der Waals surface area contributed by atoms with Gasteiger partial charge in [-0.2, -0.15) is 0 Å². The maximum absolute atomic E-state index is 12.6. The van der Waals surface area contributed by atoms with Crippen LogP contribution in [0.1, 0.15) is 33.6 Å². The number of hydrogen-bond donors (Lipinski definition) is 1. The van der Waals surface area contributed by atoms with Gasteiger partial charge in [-0.05, 0) is 45.7 Å². The Bertz CT molecular complexity index is 748. The van der Waals surface area contributed by atoms with Gasteiger partial charge in [-0.25, -0.2) is 4.79 Å². The highest BCUT2D eigenvalue weighted by Gasteiger charge is 2.51. The van der Waals surface area contributed by atoms with Crippen molar-refractivity contribution in [2.24, 2.45) is 0 Å². The molecule has 1 N–H and O–H groups in total. The molecule has 9 nitrogen and oxygen atoms in total. The van der Waals surface area contributed by atoms with E-state index in [2.05, 4.69) is 5.32 Å². The van der Waals surface area contributed by atoms with Gasteiger partial charge in [-0.15, -0.1) is 0 Å². The number of nitro groups is 1. The third kappa shape index (κ3) is 3.67. The van der Waals surface area contributed by atoms with Crippen LogP contribution < -0.4 is 10.2 Å². The van der Waals surface area contributed by atoms with Crippen LogP contribution in [-0.4, -0.2) is 52.7 Å². The number of carbonyl (C=O) groups excluding carboxylic acids is 2. The summed E-state index contributed by atoms with van der Waals surface area (Å²) >= 11 is 0. The first-order valence-electron chi connectivity index (χ1n) is 8.91. The van der Waals surface area contributed by atoms with Crippen LogP contribution in [0.15, 0.2) is 24.3 Å². The van der Waals surface area contributed by atoms with Crippen molar-refractivity contribution in [2.45, 2.75) is 44.8 Å². The lowest BCUT2D eigenvalue weighted by Crippen LogP contribution is -2.57. The monoisotopic (exact) mass is 376 g/mol. The van der Waals surface area contributed by atoms with E-state index in [1.165, 1.54) is 12.1 Å². The van der Waals surface area contributed by atoms with Gasteiger partial charge in [0.05, 0.1) is 11.6 Å². The van der Waals surface area contributed by atoms with E-state index in [-0.39, 0.29) is 17.7 Å². The van der Waals surface area contributed by atoms with Crippen molar-refractivity contribution >= 4 is 23.4 Å².